The van der Waals surface area contributed by atoms with Crippen LogP contribution in [0.3, 0.4) is 0 Å². The minimum absolute atomic E-state index is 0.0740. The third kappa shape index (κ3) is 4.29. The first kappa shape index (κ1) is 19.1. The summed E-state index contributed by atoms with van der Waals surface area (Å²) in [7, 11) is 0. The number of oxazole rings is 1. The Labute approximate surface area is 170 Å². The predicted octanol–water partition coefficient (Wildman–Crippen LogP) is 4.66. The van der Waals surface area contributed by atoms with Gasteiger partial charge in [0.1, 0.15) is 24.3 Å². The lowest BCUT2D eigenvalue weighted by Gasteiger charge is -2.28. The number of carbonyl (C=O) groups excluding carboxylic acids is 1. The largest absolute Gasteiger partial charge is 0.455 e. The standard InChI is InChI=1S/C20H19N3O5S/c24-20(28-13-15-12-27-19(21-15)18-5-4-10-29-18)14-6-7-16(17(11-14)23(25)26)22-8-2-1-3-9-22/h4-7,10-12H,1-3,8-9,13H2. The van der Waals surface area contributed by atoms with Gasteiger partial charge >= 0.3 is 5.97 Å². The van der Waals surface area contributed by atoms with Gasteiger partial charge in [-0.2, -0.15) is 0 Å². The van der Waals surface area contributed by atoms with Crippen molar-refractivity contribution in [2.24, 2.45) is 0 Å². The number of nitro groups is 1. The first-order valence-corrected chi connectivity index (χ1v) is 10.2. The monoisotopic (exact) mass is 413 g/mol. The van der Waals surface area contributed by atoms with Crippen molar-refractivity contribution in [1.29, 1.82) is 0 Å². The first-order chi connectivity index (χ1) is 14.1. The van der Waals surface area contributed by atoms with Crippen LogP contribution in [0.25, 0.3) is 10.8 Å². The number of anilines is 1. The number of rotatable bonds is 6. The molecule has 0 atom stereocenters. The minimum Gasteiger partial charge on any atom is -0.455 e. The molecule has 2 aromatic heterocycles. The molecule has 0 unspecified atom stereocenters. The molecule has 3 aromatic rings. The van der Waals surface area contributed by atoms with E-state index in [1.807, 2.05) is 22.4 Å². The molecule has 1 aliphatic heterocycles. The maximum Gasteiger partial charge on any atom is 0.338 e. The Bertz CT molecular complexity index is 1010. The van der Waals surface area contributed by atoms with Gasteiger partial charge < -0.3 is 14.1 Å². The number of aromatic nitrogens is 1. The molecule has 8 nitrogen and oxygen atoms in total. The van der Waals surface area contributed by atoms with Crippen LogP contribution in [0.4, 0.5) is 11.4 Å². The summed E-state index contributed by atoms with van der Waals surface area (Å²) in [6.07, 6.45) is 4.58. The second-order valence-corrected chi connectivity index (χ2v) is 7.65. The summed E-state index contributed by atoms with van der Waals surface area (Å²) >= 11 is 1.50. The van der Waals surface area contributed by atoms with E-state index in [0.717, 1.165) is 37.2 Å². The van der Waals surface area contributed by atoms with E-state index in [2.05, 4.69) is 4.98 Å². The fourth-order valence-electron chi connectivity index (χ4n) is 3.31. The third-order valence-corrected chi connectivity index (χ3v) is 5.60. The van der Waals surface area contributed by atoms with Crippen molar-refractivity contribution >= 4 is 28.7 Å². The van der Waals surface area contributed by atoms with Crippen molar-refractivity contribution < 1.29 is 18.9 Å². The molecule has 0 bridgehead atoms. The van der Waals surface area contributed by atoms with Gasteiger partial charge in [0, 0.05) is 19.2 Å². The summed E-state index contributed by atoms with van der Waals surface area (Å²) in [5.74, 6) is -0.175. The van der Waals surface area contributed by atoms with E-state index < -0.39 is 10.9 Å². The quantitative estimate of drug-likeness (QED) is 0.329. The topological polar surface area (TPSA) is 98.7 Å². The molecule has 1 saturated heterocycles. The van der Waals surface area contributed by atoms with Gasteiger partial charge in [0.15, 0.2) is 0 Å². The molecule has 29 heavy (non-hydrogen) atoms. The summed E-state index contributed by atoms with van der Waals surface area (Å²) in [5.41, 5.74) is 1.08. The number of ether oxygens (including phenoxy) is 1. The van der Waals surface area contributed by atoms with Crippen molar-refractivity contribution in [2.45, 2.75) is 25.9 Å². The Balaban J connectivity index is 1.45. The fraction of sp³-hybridized carbons (Fsp3) is 0.300. The highest BCUT2D eigenvalue weighted by molar-refractivity contribution is 7.13. The highest BCUT2D eigenvalue weighted by Crippen LogP contribution is 2.31. The molecule has 0 saturated carbocycles. The Hall–Kier alpha value is -3.20. The third-order valence-electron chi connectivity index (χ3n) is 4.74. The van der Waals surface area contributed by atoms with Crippen molar-refractivity contribution in [2.75, 3.05) is 18.0 Å². The number of hydrogen-bond acceptors (Lipinski definition) is 8. The average molecular weight is 413 g/mol. The molecule has 1 aliphatic rings. The minimum atomic E-state index is -0.640. The molecule has 3 heterocycles. The van der Waals surface area contributed by atoms with E-state index >= 15 is 0 Å². The number of nitrogens with zero attached hydrogens (tertiary/aromatic N) is 3. The summed E-state index contributed by atoms with van der Waals surface area (Å²) < 4.78 is 10.7. The molecule has 0 spiro atoms. The zero-order chi connectivity index (χ0) is 20.2. The fourth-order valence-corrected chi connectivity index (χ4v) is 3.96. The molecule has 1 aromatic carbocycles. The van der Waals surface area contributed by atoms with Crippen LogP contribution in [-0.2, 0) is 11.3 Å². The van der Waals surface area contributed by atoms with E-state index in [1.54, 1.807) is 12.1 Å². The lowest BCUT2D eigenvalue weighted by atomic mass is 10.1. The second-order valence-electron chi connectivity index (χ2n) is 6.71. The molecule has 150 valence electrons. The van der Waals surface area contributed by atoms with Crippen molar-refractivity contribution in [1.82, 2.24) is 4.98 Å². The van der Waals surface area contributed by atoms with E-state index in [0.29, 0.717) is 17.3 Å². The summed E-state index contributed by atoms with van der Waals surface area (Å²) in [4.78, 5) is 30.7. The van der Waals surface area contributed by atoms with Gasteiger partial charge in [0.2, 0.25) is 5.89 Å². The maximum absolute atomic E-state index is 12.4. The molecule has 0 radical (unpaired) electrons. The normalized spacial score (nSPS) is 14.0. The van der Waals surface area contributed by atoms with Gasteiger partial charge in [-0.3, -0.25) is 10.1 Å². The SMILES string of the molecule is O=C(OCc1coc(-c2cccs2)n1)c1ccc(N2CCCCC2)c([N+](=O)[O-])c1. The zero-order valence-electron chi connectivity index (χ0n) is 15.6. The molecule has 4 rings (SSSR count). The molecule has 1 fully saturated rings. The number of esters is 1. The van der Waals surface area contributed by atoms with Crippen molar-refractivity contribution in [3.05, 3.63) is 63.3 Å². The highest BCUT2D eigenvalue weighted by atomic mass is 32.1. The summed E-state index contributed by atoms with van der Waals surface area (Å²) in [6, 6.07) is 8.26. The lowest BCUT2D eigenvalue weighted by Crippen LogP contribution is -2.30. The van der Waals surface area contributed by atoms with E-state index in [9.17, 15) is 14.9 Å². The maximum atomic E-state index is 12.4. The van der Waals surface area contributed by atoms with Crippen LogP contribution < -0.4 is 4.90 Å². The van der Waals surface area contributed by atoms with Gasteiger partial charge in [-0.05, 0) is 42.8 Å². The van der Waals surface area contributed by atoms with Gasteiger partial charge in [-0.15, -0.1) is 11.3 Å². The van der Waals surface area contributed by atoms with Gasteiger partial charge in [-0.25, -0.2) is 9.78 Å². The van der Waals surface area contributed by atoms with Crippen LogP contribution in [0.15, 0.2) is 46.4 Å². The Morgan fingerprint density at radius 1 is 1.28 bits per heavy atom. The van der Waals surface area contributed by atoms with Crippen molar-refractivity contribution in [3.63, 3.8) is 0 Å². The lowest BCUT2D eigenvalue weighted by molar-refractivity contribution is -0.384. The van der Waals surface area contributed by atoms with Gasteiger partial charge in [-0.1, -0.05) is 6.07 Å². The van der Waals surface area contributed by atoms with Crippen LogP contribution >= 0.6 is 11.3 Å². The summed E-state index contributed by atoms with van der Waals surface area (Å²) in [6.45, 7) is 1.49. The molecular weight excluding hydrogens is 394 g/mol. The smallest absolute Gasteiger partial charge is 0.338 e. The van der Waals surface area contributed by atoms with Crippen LogP contribution in [0.2, 0.25) is 0 Å². The number of carbonyl (C=O) groups is 1. The number of benzene rings is 1. The van der Waals surface area contributed by atoms with Crippen LogP contribution in [-0.4, -0.2) is 29.0 Å². The molecule has 0 aliphatic carbocycles. The number of nitro benzene ring substituents is 1. The number of hydrogen-bond donors (Lipinski definition) is 0. The Morgan fingerprint density at radius 2 is 2.10 bits per heavy atom. The van der Waals surface area contributed by atoms with Crippen LogP contribution in [0.1, 0.15) is 35.3 Å². The predicted molar refractivity (Wildman–Crippen MR) is 108 cm³/mol. The van der Waals surface area contributed by atoms with E-state index in [4.69, 9.17) is 9.15 Å². The molecular formula is C20H19N3O5S. The van der Waals surface area contributed by atoms with Crippen LogP contribution in [0.5, 0.6) is 0 Å². The van der Waals surface area contributed by atoms with Crippen molar-refractivity contribution in [3.8, 4) is 10.8 Å². The Kier molecular flexibility index (Phi) is 5.57. The van der Waals surface area contributed by atoms with E-state index in [1.165, 1.54) is 23.7 Å². The molecule has 0 amide bonds. The summed E-state index contributed by atoms with van der Waals surface area (Å²) in [5, 5.41) is 13.5. The second kappa shape index (κ2) is 8.44. The van der Waals surface area contributed by atoms with Gasteiger partial charge in [0.05, 0.1) is 15.4 Å². The number of thiophene rings is 1. The zero-order valence-corrected chi connectivity index (χ0v) is 16.4. The molecule has 9 heteroatoms. The Morgan fingerprint density at radius 3 is 2.83 bits per heavy atom. The molecule has 0 N–H and O–H groups in total. The van der Waals surface area contributed by atoms with E-state index in [-0.39, 0.29) is 17.9 Å². The average Bonchev–Trinajstić information content (AvgIpc) is 3.44. The van der Waals surface area contributed by atoms with Crippen LogP contribution in [0, 0.1) is 10.1 Å². The van der Waals surface area contributed by atoms with Gasteiger partial charge in [0.25, 0.3) is 5.69 Å². The first-order valence-electron chi connectivity index (χ1n) is 9.30. The highest BCUT2D eigenvalue weighted by Gasteiger charge is 2.23. The number of piperidine rings is 1.